The summed E-state index contributed by atoms with van der Waals surface area (Å²) in [4.78, 5) is 19.2. The summed E-state index contributed by atoms with van der Waals surface area (Å²) < 4.78 is 5.44. The lowest BCUT2D eigenvalue weighted by Gasteiger charge is -2.14. The number of likely N-dealkylation sites (tertiary alicyclic amines) is 1. The van der Waals surface area contributed by atoms with Crippen LogP contribution in [0.25, 0.3) is 22.6 Å². The molecule has 0 spiro atoms. The van der Waals surface area contributed by atoms with Crippen LogP contribution in [0.5, 0.6) is 0 Å². The molecule has 1 saturated heterocycles. The molecule has 0 amide bonds. The molecule has 1 aliphatic rings. The molecule has 23 heavy (non-hydrogen) atoms. The van der Waals surface area contributed by atoms with E-state index in [9.17, 15) is 0 Å². The van der Waals surface area contributed by atoms with Crippen LogP contribution in [0.15, 0.2) is 41.6 Å². The zero-order valence-corrected chi connectivity index (χ0v) is 12.8. The summed E-state index contributed by atoms with van der Waals surface area (Å²) in [6, 6.07) is 4.07. The normalized spacial score (nSPS) is 18.4. The zero-order chi connectivity index (χ0) is 15.6. The summed E-state index contributed by atoms with van der Waals surface area (Å²) >= 11 is 0. The number of nitrogens with zero attached hydrogens (tertiary/aromatic N) is 6. The van der Waals surface area contributed by atoms with E-state index in [-0.39, 0.29) is 6.04 Å². The van der Waals surface area contributed by atoms with Gasteiger partial charge in [0.2, 0.25) is 11.7 Å². The van der Waals surface area contributed by atoms with Crippen LogP contribution in [0.4, 0.5) is 0 Å². The van der Waals surface area contributed by atoms with E-state index in [1.807, 2.05) is 12.1 Å². The topological polar surface area (TPSA) is 80.8 Å². The third-order valence-electron chi connectivity index (χ3n) is 4.13. The number of hydrogen-bond donors (Lipinski definition) is 0. The lowest BCUT2D eigenvalue weighted by Crippen LogP contribution is -2.17. The summed E-state index contributed by atoms with van der Waals surface area (Å²) in [5.41, 5.74) is 2.52. The zero-order valence-electron chi connectivity index (χ0n) is 12.8. The third kappa shape index (κ3) is 2.70. The Bertz CT molecular complexity index is 786. The van der Waals surface area contributed by atoms with E-state index in [0.717, 1.165) is 36.2 Å². The number of pyridine rings is 1. The molecule has 7 nitrogen and oxygen atoms in total. The predicted molar refractivity (Wildman–Crippen MR) is 83.2 cm³/mol. The van der Waals surface area contributed by atoms with Gasteiger partial charge in [-0.15, -0.1) is 0 Å². The molecule has 1 unspecified atom stereocenters. The Kier molecular flexibility index (Phi) is 3.55. The monoisotopic (exact) mass is 308 g/mol. The van der Waals surface area contributed by atoms with Crippen molar-refractivity contribution in [2.75, 3.05) is 13.6 Å². The molecule has 3 aromatic heterocycles. The summed E-state index contributed by atoms with van der Waals surface area (Å²) in [5.74, 6) is 1.25. The number of aromatic nitrogens is 5. The smallest absolute Gasteiger partial charge is 0.244 e. The Morgan fingerprint density at radius 2 is 2.00 bits per heavy atom. The Hall–Kier alpha value is -2.67. The van der Waals surface area contributed by atoms with Gasteiger partial charge in [-0.05, 0) is 38.6 Å². The molecule has 3 aromatic rings. The van der Waals surface area contributed by atoms with Crippen LogP contribution in [0.1, 0.15) is 24.8 Å². The van der Waals surface area contributed by atoms with Gasteiger partial charge >= 0.3 is 0 Å². The largest absolute Gasteiger partial charge is 0.337 e. The van der Waals surface area contributed by atoms with Crippen LogP contribution < -0.4 is 0 Å². The highest BCUT2D eigenvalue weighted by Gasteiger charge is 2.27. The minimum absolute atomic E-state index is 0.227. The van der Waals surface area contributed by atoms with Crippen molar-refractivity contribution in [1.82, 2.24) is 30.0 Å². The summed E-state index contributed by atoms with van der Waals surface area (Å²) in [6.07, 6.45) is 8.93. The van der Waals surface area contributed by atoms with Gasteiger partial charge in [-0.3, -0.25) is 9.88 Å². The molecule has 1 fully saturated rings. The molecule has 0 aliphatic carbocycles. The van der Waals surface area contributed by atoms with Gasteiger partial charge in [-0.25, -0.2) is 9.97 Å². The Morgan fingerprint density at radius 1 is 1.13 bits per heavy atom. The van der Waals surface area contributed by atoms with Gasteiger partial charge in [0.1, 0.15) is 6.33 Å². The maximum Gasteiger partial charge on any atom is 0.244 e. The fourth-order valence-corrected chi connectivity index (χ4v) is 2.84. The average molecular weight is 308 g/mol. The first-order valence-corrected chi connectivity index (χ1v) is 7.57. The van der Waals surface area contributed by atoms with Crippen molar-refractivity contribution in [3.63, 3.8) is 0 Å². The van der Waals surface area contributed by atoms with Crippen LogP contribution in [0, 0.1) is 0 Å². The van der Waals surface area contributed by atoms with E-state index in [1.165, 1.54) is 6.33 Å². The second-order valence-corrected chi connectivity index (χ2v) is 5.65. The van der Waals surface area contributed by atoms with Crippen molar-refractivity contribution in [1.29, 1.82) is 0 Å². The minimum atomic E-state index is 0.227. The standard InChI is InChI=1S/C16H16N6O/c1-22-6-2-3-14(22)16-20-15(21-23-16)11-4-5-13(19-9-11)12-7-17-10-18-8-12/h4-5,7-10,14H,2-3,6H2,1H3. The van der Waals surface area contributed by atoms with E-state index >= 15 is 0 Å². The second kappa shape index (κ2) is 5.85. The second-order valence-electron chi connectivity index (χ2n) is 5.65. The van der Waals surface area contributed by atoms with Crippen molar-refractivity contribution in [3.05, 3.63) is 42.9 Å². The van der Waals surface area contributed by atoms with E-state index in [0.29, 0.717) is 11.7 Å². The number of hydrogen-bond acceptors (Lipinski definition) is 7. The highest BCUT2D eigenvalue weighted by Crippen LogP contribution is 2.30. The van der Waals surface area contributed by atoms with Crippen LogP contribution in [0.3, 0.4) is 0 Å². The average Bonchev–Trinajstić information content (AvgIpc) is 3.24. The first-order valence-electron chi connectivity index (χ1n) is 7.57. The molecule has 116 valence electrons. The molecule has 0 aromatic carbocycles. The van der Waals surface area contributed by atoms with Gasteiger partial charge in [0, 0.05) is 29.7 Å². The van der Waals surface area contributed by atoms with Crippen LogP contribution in [-0.4, -0.2) is 43.6 Å². The van der Waals surface area contributed by atoms with Gasteiger partial charge in [0.05, 0.1) is 11.7 Å². The predicted octanol–water partition coefficient (Wildman–Crippen LogP) is 2.36. The summed E-state index contributed by atoms with van der Waals surface area (Å²) in [6.45, 7) is 1.07. The minimum Gasteiger partial charge on any atom is -0.337 e. The van der Waals surface area contributed by atoms with E-state index in [2.05, 4.69) is 37.0 Å². The molecule has 4 heterocycles. The van der Waals surface area contributed by atoms with Gasteiger partial charge in [-0.1, -0.05) is 5.16 Å². The molecule has 0 N–H and O–H groups in total. The molecule has 0 radical (unpaired) electrons. The van der Waals surface area contributed by atoms with E-state index in [1.54, 1.807) is 18.6 Å². The van der Waals surface area contributed by atoms with Gasteiger partial charge < -0.3 is 4.52 Å². The van der Waals surface area contributed by atoms with Crippen molar-refractivity contribution in [2.45, 2.75) is 18.9 Å². The summed E-state index contributed by atoms with van der Waals surface area (Å²) in [7, 11) is 2.08. The van der Waals surface area contributed by atoms with Crippen LogP contribution >= 0.6 is 0 Å². The highest BCUT2D eigenvalue weighted by molar-refractivity contribution is 5.61. The Morgan fingerprint density at radius 3 is 2.70 bits per heavy atom. The third-order valence-corrected chi connectivity index (χ3v) is 4.13. The van der Waals surface area contributed by atoms with Crippen molar-refractivity contribution in [2.24, 2.45) is 0 Å². The Labute approximate surface area is 133 Å². The highest BCUT2D eigenvalue weighted by atomic mass is 16.5. The molecular weight excluding hydrogens is 292 g/mol. The SMILES string of the molecule is CN1CCCC1c1nc(-c2ccc(-c3cncnc3)nc2)no1. The molecule has 1 atom stereocenters. The number of rotatable bonds is 3. The Balaban J connectivity index is 1.58. The molecule has 4 rings (SSSR count). The van der Waals surface area contributed by atoms with Crippen LogP contribution in [-0.2, 0) is 0 Å². The lowest BCUT2D eigenvalue weighted by atomic mass is 10.2. The molecule has 0 saturated carbocycles. The maximum absolute atomic E-state index is 5.44. The first-order chi connectivity index (χ1) is 11.3. The maximum atomic E-state index is 5.44. The molecule has 1 aliphatic heterocycles. The van der Waals surface area contributed by atoms with Gasteiger partial charge in [0.25, 0.3) is 0 Å². The van der Waals surface area contributed by atoms with Crippen molar-refractivity contribution in [3.8, 4) is 22.6 Å². The first kappa shape index (κ1) is 14.0. The van der Waals surface area contributed by atoms with E-state index in [4.69, 9.17) is 4.52 Å². The van der Waals surface area contributed by atoms with E-state index < -0.39 is 0 Å². The fraction of sp³-hybridized carbons (Fsp3) is 0.312. The van der Waals surface area contributed by atoms with Crippen molar-refractivity contribution >= 4 is 0 Å². The van der Waals surface area contributed by atoms with Crippen LogP contribution in [0.2, 0.25) is 0 Å². The van der Waals surface area contributed by atoms with Gasteiger partial charge in [0.15, 0.2) is 0 Å². The molecule has 7 heteroatoms. The molecular formula is C16H16N6O. The molecule has 0 bridgehead atoms. The lowest BCUT2D eigenvalue weighted by molar-refractivity contribution is 0.245. The van der Waals surface area contributed by atoms with Crippen molar-refractivity contribution < 1.29 is 4.52 Å². The van der Waals surface area contributed by atoms with Gasteiger partial charge in [-0.2, -0.15) is 4.98 Å². The fourth-order valence-electron chi connectivity index (χ4n) is 2.84. The summed E-state index contributed by atoms with van der Waals surface area (Å²) in [5, 5.41) is 4.09. The quantitative estimate of drug-likeness (QED) is 0.734.